The van der Waals surface area contributed by atoms with Crippen molar-refractivity contribution in [2.45, 2.75) is 33.2 Å². The monoisotopic (exact) mass is 228 g/mol. The lowest BCUT2D eigenvalue weighted by Crippen LogP contribution is -2.33. The van der Waals surface area contributed by atoms with Crippen LogP contribution in [0, 0.1) is 29.6 Å². The Labute approximate surface area is 102 Å². The Hall–Kier alpha value is -2.07. The lowest BCUT2D eigenvalue weighted by atomic mass is 10.2. The topological polar surface area (TPSA) is 63.7 Å². The molecule has 0 aromatic carbocycles. The van der Waals surface area contributed by atoms with Gasteiger partial charge in [0.25, 0.3) is 0 Å². The van der Waals surface area contributed by atoms with Crippen molar-refractivity contribution in [1.82, 2.24) is 4.98 Å². The molecule has 0 aliphatic heterocycles. The van der Waals surface area contributed by atoms with Crippen molar-refractivity contribution < 1.29 is 0 Å². The minimum atomic E-state index is 0.213. The Morgan fingerprint density at radius 2 is 2.06 bits per heavy atom. The number of aryl methyl sites for hydroxylation is 1. The van der Waals surface area contributed by atoms with Gasteiger partial charge in [0.05, 0.1) is 18.1 Å². The molecule has 0 radical (unpaired) electrons. The van der Waals surface area contributed by atoms with Crippen LogP contribution in [-0.2, 0) is 0 Å². The van der Waals surface area contributed by atoms with Crippen LogP contribution in [0.25, 0.3) is 0 Å². The lowest BCUT2D eigenvalue weighted by molar-refractivity contribution is 0.675. The molecule has 0 atom stereocenters. The second kappa shape index (κ2) is 5.86. The smallest absolute Gasteiger partial charge is 0.147 e. The zero-order chi connectivity index (χ0) is 12.8. The Morgan fingerprint density at radius 3 is 2.59 bits per heavy atom. The number of nitrogens with zero attached hydrogens (tertiary/aromatic N) is 4. The fourth-order valence-electron chi connectivity index (χ4n) is 1.63. The molecule has 0 N–H and O–H groups in total. The van der Waals surface area contributed by atoms with Gasteiger partial charge in [0.2, 0.25) is 0 Å². The number of pyridine rings is 1. The van der Waals surface area contributed by atoms with E-state index in [9.17, 15) is 0 Å². The van der Waals surface area contributed by atoms with Crippen LogP contribution in [0.3, 0.4) is 0 Å². The SMILES string of the molecule is Cc1ccc(C#N)c(N(CCC#N)C(C)C)n1. The molecule has 0 amide bonds. The van der Waals surface area contributed by atoms with Gasteiger partial charge < -0.3 is 4.90 Å². The number of hydrogen-bond donors (Lipinski definition) is 0. The second-order valence-corrected chi connectivity index (χ2v) is 4.13. The molecular weight excluding hydrogens is 212 g/mol. The Kier molecular flexibility index (Phi) is 4.48. The summed E-state index contributed by atoms with van der Waals surface area (Å²) in [6, 6.07) is 8.08. The van der Waals surface area contributed by atoms with Crippen LogP contribution in [0.5, 0.6) is 0 Å². The Balaban J connectivity index is 3.13. The molecule has 1 heterocycles. The number of hydrogen-bond acceptors (Lipinski definition) is 4. The highest BCUT2D eigenvalue weighted by atomic mass is 15.2. The highest BCUT2D eigenvalue weighted by Crippen LogP contribution is 2.20. The van der Waals surface area contributed by atoms with E-state index >= 15 is 0 Å². The van der Waals surface area contributed by atoms with E-state index in [1.807, 2.05) is 31.7 Å². The minimum absolute atomic E-state index is 0.213. The van der Waals surface area contributed by atoms with Crippen molar-refractivity contribution >= 4 is 5.82 Å². The van der Waals surface area contributed by atoms with Gasteiger partial charge >= 0.3 is 0 Å². The highest BCUT2D eigenvalue weighted by Gasteiger charge is 2.15. The maximum absolute atomic E-state index is 9.08. The van der Waals surface area contributed by atoms with Crippen LogP contribution in [0.4, 0.5) is 5.82 Å². The van der Waals surface area contributed by atoms with Crippen LogP contribution in [0.15, 0.2) is 12.1 Å². The largest absolute Gasteiger partial charge is 0.352 e. The number of anilines is 1. The Morgan fingerprint density at radius 1 is 1.35 bits per heavy atom. The summed E-state index contributed by atoms with van der Waals surface area (Å²) in [4.78, 5) is 6.41. The average Bonchev–Trinajstić information content (AvgIpc) is 2.29. The van der Waals surface area contributed by atoms with Gasteiger partial charge in [-0.05, 0) is 32.9 Å². The highest BCUT2D eigenvalue weighted by molar-refractivity contribution is 5.54. The standard InChI is InChI=1S/C13H16N4/c1-10(2)17(8-4-7-14)13-12(9-15)6-5-11(3)16-13/h5-6,10H,4,8H2,1-3H3. The third-order valence-corrected chi connectivity index (χ3v) is 2.49. The quantitative estimate of drug-likeness (QED) is 0.793. The maximum atomic E-state index is 9.08. The minimum Gasteiger partial charge on any atom is -0.352 e. The van der Waals surface area contributed by atoms with E-state index in [1.54, 1.807) is 6.07 Å². The zero-order valence-electron chi connectivity index (χ0n) is 10.4. The Bertz CT molecular complexity index is 465. The van der Waals surface area contributed by atoms with Crippen LogP contribution in [0.2, 0.25) is 0 Å². The van der Waals surface area contributed by atoms with E-state index in [1.165, 1.54) is 0 Å². The molecule has 0 saturated carbocycles. The van der Waals surface area contributed by atoms with Crippen molar-refractivity contribution in [2.24, 2.45) is 0 Å². The van der Waals surface area contributed by atoms with Crippen molar-refractivity contribution in [3.63, 3.8) is 0 Å². The van der Waals surface area contributed by atoms with Gasteiger partial charge in [-0.25, -0.2) is 4.98 Å². The molecule has 0 fully saturated rings. The van der Waals surface area contributed by atoms with Gasteiger partial charge in [-0.2, -0.15) is 10.5 Å². The van der Waals surface area contributed by atoms with Gasteiger partial charge in [0.15, 0.2) is 0 Å². The summed E-state index contributed by atoms with van der Waals surface area (Å²) in [6.45, 7) is 6.55. The third kappa shape index (κ3) is 3.19. The predicted molar refractivity (Wildman–Crippen MR) is 66.4 cm³/mol. The molecule has 0 unspecified atom stereocenters. The number of nitriles is 2. The second-order valence-electron chi connectivity index (χ2n) is 4.13. The zero-order valence-corrected chi connectivity index (χ0v) is 10.4. The molecular formula is C13H16N4. The molecule has 88 valence electrons. The van der Waals surface area contributed by atoms with Crippen molar-refractivity contribution in [3.05, 3.63) is 23.4 Å². The summed E-state index contributed by atoms with van der Waals surface area (Å²) in [5.74, 6) is 0.678. The van der Waals surface area contributed by atoms with E-state index in [-0.39, 0.29) is 6.04 Å². The van der Waals surface area contributed by atoms with Gasteiger partial charge in [0.1, 0.15) is 11.9 Å². The van der Waals surface area contributed by atoms with E-state index < -0.39 is 0 Å². The van der Waals surface area contributed by atoms with E-state index in [0.29, 0.717) is 24.3 Å². The number of rotatable bonds is 4. The first-order valence-corrected chi connectivity index (χ1v) is 5.61. The van der Waals surface area contributed by atoms with E-state index in [2.05, 4.69) is 17.1 Å². The summed E-state index contributed by atoms with van der Waals surface area (Å²) in [7, 11) is 0. The summed E-state index contributed by atoms with van der Waals surface area (Å²) < 4.78 is 0. The molecule has 1 rings (SSSR count). The summed E-state index contributed by atoms with van der Waals surface area (Å²) in [5, 5.41) is 17.7. The van der Waals surface area contributed by atoms with Gasteiger partial charge in [-0.1, -0.05) is 0 Å². The summed E-state index contributed by atoms with van der Waals surface area (Å²) in [6.07, 6.45) is 0.429. The molecule has 0 aliphatic rings. The van der Waals surface area contributed by atoms with Crippen molar-refractivity contribution in [3.8, 4) is 12.1 Å². The van der Waals surface area contributed by atoms with Crippen LogP contribution < -0.4 is 4.90 Å². The van der Waals surface area contributed by atoms with Gasteiger partial charge in [0, 0.05) is 18.3 Å². The van der Waals surface area contributed by atoms with Crippen molar-refractivity contribution in [1.29, 1.82) is 10.5 Å². The van der Waals surface area contributed by atoms with Crippen LogP contribution >= 0.6 is 0 Å². The molecule has 0 aliphatic carbocycles. The fraction of sp³-hybridized carbons (Fsp3) is 0.462. The van der Waals surface area contributed by atoms with Crippen LogP contribution in [0.1, 0.15) is 31.5 Å². The molecule has 4 heteroatoms. The maximum Gasteiger partial charge on any atom is 0.147 e. The molecule has 0 bridgehead atoms. The first-order valence-electron chi connectivity index (χ1n) is 5.61. The lowest BCUT2D eigenvalue weighted by Gasteiger charge is -2.27. The molecule has 17 heavy (non-hydrogen) atoms. The van der Waals surface area contributed by atoms with Crippen molar-refractivity contribution in [2.75, 3.05) is 11.4 Å². The first-order chi connectivity index (χ1) is 8.10. The van der Waals surface area contributed by atoms with E-state index in [0.717, 1.165) is 5.69 Å². The summed E-state index contributed by atoms with van der Waals surface area (Å²) in [5.41, 5.74) is 1.43. The van der Waals surface area contributed by atoms with Gasteiger partial charge in [-0.15, -0.1) is 0 Å². The molecule has 1 aromatic heterocycles. The molecule has 0 spiro atoms. The normalized spacial score (nSPS) is 9.76. The molecule has 1 aromatic rings. The first kappa shape index (κ1) is 13.0. The van der Waals surface area contributed by atoms with Gasteiger partial charge in [-0.3, -0.25) is 0 Å². The summed E-state index contributed by atoms with van der Waals surface area (Å²) >= 11 is 0. The van der Waals surface area contributed by atoms with Crippen LogP contribution in [-0.4, -0.2) is 17.6 Å². The average molecular weight is 228 g/mol. The fourth-order valence-corrected chi connectivity index (χ4v) is 1.63. The third-order valence-electron chi connectivity index (χ3n) is 2.49. The predicted octanol–water partition coefficient (Wildman–Crippen LogP) is 2.39. The molecule has 0 saturated heterocycles. The van der Waals surface area contributed by atoms with E-state index in [4.69, 9.17) is 10.5 Å². The number of aromatic nitrogens is 1. The molecule has 4 nitrogen and oxygen atoms in total.